The van der Waals surface area contributed by atoms with Gasteiger partial charge in [0.1, 0.15) is 12.3 Å². The molecule has 0 spiro atoms. The van der Waals surface area contributed by atoms with Crippen molar-refractivity contribution in [1.29, 1.82) is 0 Å². The SMILES string of the molecule is COc1ccc(S(=O)(=O)N(CC(=O)O)C(C)C)cc1Br. The first-order valence-corrected chi connectivity index (χ1v) is 8.00. The van der Waals surface area contributed by atoms with Crippen molar-refractivity contribution in [2.24, 2.45) is 0 Å². The third-order valence-electron chi connectivity index (χ3n) is 2.60. The molecule has 0 saturated heterocycles. The lowest BCUT2D eigenvalue weighted by Gasteiger charge is -2.24. The van der Waals surface area contributed by atoms with Crippen molar-refractivity contribution in [2.75, 3.05) is 13.7 Å². The first kappa shape index (κ1) is 16.9. The summed E-state index contributed by atoms with van der Waals surface area (Å²) in [5.41, 5.74) is 0. The van der Waals surface area contributed by atoms with Gasteiger partial charge in [0.2, 0.25) is 10.0 Å². The minimum absolute atomic E-state index is 0.0140. The summed E-state index contributed by atoms with van der Waals surface area (Å²) in [6.45, 7) is 2.67. The van der Waals surface area contributed by atoms with Crippen LogP contribution < -0.4 is 4.74 Å². The fraction of sp³-hybridized carbons (Fsp3) is 0.417. The molecule has 8 heteroatoms. The average Bonchev–Trinajstić information content (AvgIpc) is 2.35. The number of nitrogens with zero attached hydrogens (tertiary/aromatic N) is 1. The molecule has 1 rings (SSSR count). The van der Waals surface area contributed by atoms with Crippen LogP contribution in [0.3, 0.4) is 0 Å². The van der Waals surface area contributed by atoms with Crippen LogP contribution in [-0.4, -0.2) is 43.5 Å². The van der Waals surface area contributed by atoms with E-state index in [1.165, 1.54) is 25.3 Å². The molecule has 0 amide bonds. The number of methoxy groups -OCH3 is 1. The number of benzene rings is 1. The molecule has 0 aliphatic carbocycles. The van der Waals surface area contributed by atoms with E-state index in [0.717, 1.165) is 4.31 Å². The molecule has 1 aromatic rings. The highest BCUT2D eigenvalue weighted by Gasteiger charge is 2.29. The first-order chi connectivity index (χ1) is 9.20. The fourth-order valence-electron chi connectivity index (χ4n) is 1.62. The number of hydrogen-bond donors (Lipinski definition) is 1. The second-order valence-corrected chi connectivity index (χ2v) is 7.08. The maximum atomic E-state index is 12.5. The molecule has 0 heterocycles. The first-order valence-electron chi connectivity index (χ1n) is 5.77. The van der Waals surface area contributed by atoms with Crippen LogP contribution >= 0.6 is 15.9 Å². The molecule has 0 atom stereocenters. The van der Waals surface area contributed by atoms with Gasteiger partial charge < -0.3 is 9.84 Å². The van der Waals surface area contributed by atoms with Crippen LogP contribution in [0.25, 0.3) is 0 Å². The number of carbonyl (C=O) groups is 1. The zero-order valence-electron chi connectivity index (χ0n) is 11.3. The number of hydrogen-bond acceptors (Lipinski definition) is 4. The van der Waals surface area contributed by atoms with E-state index in [1.54, 1.807) is 13.8 Å². The monoisotopic (exact) mass is 365 g/mol. The average molecular weight is 366 g/mol. The highest BCUT2D eigenvalue weighted by atomic mass is 79.9. The van der Waals surface area contributed by atoms with E-state index in [4.69, 9.17) is 9.84 Å². The second kappa shape index (κ2) is 6.55. The van der Waals surface area contributed by atoms with Gasteiger partial charge in [-0.2, -0.15) is 4.31 Å². The predicted molar refractivity (Wildman–Crippen MR) is 77.4 cm³/mol. The Hall–Kier alpha value is -1.12. The highest BCUT2D eigenvalue weighted by molar-refractivity contribution is 9.10. The third-order valence-corrected chi connectivity index (χ3v) is 5.23. The maximum absolute atomic E-state index is 12.5. The fourth-order valence-corrected chi connectivity index (χ4v) is 3.93. The zero-order chi connectivity index (χ0) is 15.5. The van der Waals surface area contributed by atoms with Gasteiger partial charge in [-0.25, -0.2) is 8.42 Å². The zero-order valence-corrected chi connectivity index (χ0v) is 13.7. The van der Waals surface area contributed by atoms with Gasteiger partial charge in [-0.15, -0.1) is 0 Å². The van der Waals surface area contributed by atoms with Crippen molar-refractivity contribution in [3.05, 3.63) is 22.7 Å². The Kier molecular flexibility index (Phi) is 5.55. The van der Waals surface area contributed by atoms with Gasteiger partial charge in [0, 0.05) is 6.04 Å². The van der Waals surface area contributed by atoms with E-state index in [9.17, 15) is 13.2 Å². The lowest BCUT2D eigenvalue weighted by Crippen LogP contribution is -2.40. The summed E-state index contributed by atoms with van der Waals surface area (Å²) in [6.07, 6.45) is 0. The molecule has 6 nitrogen and oxygen atoms in total. The van der Waals surface area contributed by atoms with Crippen molar-refractivity contribution < 1.29 is 23.1 Å². The molecule has 0 aliphatic rings. The molecule has 0 unspecified atom stereocenters. The molecule has 1 N–H and O–H groups in total. The topological polar surface area (TPSA) is 83.9 Å². The Morgan fingerprint density at radius 2 is 2.05 bits per heavy atom. The Labute approximate surface area is 126 Å². The van der Waals surface area contributed by atoms with E-state index < -0.39 is 28.6 Å². The Bertz CT molecular complexity index is 600. The molecule has 0 fully saturated rings. The standard InChI is InChI=1S/C12H16BrNO5S/c1-8(2)14(7-12(15)16)20(17,18)9-4-5-11(19-3)10(13)6-9/h4-6,8H,7H2,1-3H3,(H,15,16). The van der Waals surface area contributed by atoms with Gasteiger partial charge in [0.25, 0.3) is 0 Å². The maximum Gasteiger partial charge on any atom is 0.318 e. The van der Waals surface area contributed by atoms with Crippen LogP contribution in [0.4, 0.5) is 0 Å². The van der Waals surface area contributed by atoms with Crippen LogP contribution in [0, 0.1) is 0 Å². The summed E-state index contributed by atoms with van der Waals surface area (Å²) < 4.78 is 31.4. The van der Waals surface area contributed by atoms with Gasteiger partial charge in [0.05, 0.1) is 16.5 Å². The lowest BCUT2D eigenvalue weighted by atomic mass is 10.3. The predicted octanol–water partition coefficient (Wildman–Crippen LogP) is 1.94. The second-order valence-electron chi connectivity index (χ2n) is 4.33. The number of sulfonamides is 1. The molecule has 0 aliphatic heterocycles. The number of carboxylic acid groups (broad SMARTS) is 1. The quantitative estimate of drug-likeness (QED) is 0.832. The molecule has 0 aromatic heterocycles. The van der Waals surface area contributed by atoms with Crippen LogP contribution in [0.2, 0.25) is 0 Å². The van der Waals surface area contributed by atoms with Crippen LogP contribution in [0.5, 0.6) is 5.75 Å². The third kappa shape index (κ3) is 3.71. The molecule has 0 saturated carbocycles. The Balaban J connectivity index is 3.26. The van der Waals surface area contributed by atoms with Crippen molar-refractivity contribution in [3.8, 4) is 5.75 Å². The van der Waals surface area contributed by atoms with E-state index in [1.807, 2.05) is 0 Å². The van der Waals surface area contributed by atoms with Gasteiger partial charge in [-0.1, -0.05) is 0 Å². The normalized spacial score (nSPS) is 11.9. The van der Waals surface area contributed by atoms with E-state index in [0.29, 0.717) is 10.2 Å². The van der Waals surface area contributed by atoms with Crippen molar-refractivity contribution in [1.82, 2.24) is 4.31 Å². The Morgan fingerprint density at radius 3 is 2.45 bits per heavy atom. The number of halogens is 1. The van der Waals surface area contributed by atoms with E-state index >= 15 is 0 Å². The number of carboxylic acids is 1. The van der Waals surface area contributed by atoms with Gasteiger partial charge in [0.15, 0.2) is 0 Å². The minimum atomic E-state index is -3.88. The summed E-state index contributed by atoms with van der Waals surface area (Å²) in [4.78, 5) is 10.8. The van der Waals surface area contributed by atoms with E-state index in [-0.39, 0.29) is 4.90 Å². The van der Waals surface area contributed by atoms with Crippen molar-refractivity contribution >= 4 is 31.9 Å². The number of aliphatic carboxylic acids is 1. The smallest absolute Gasteiger partial charge is 0.318 e. The minimum Gasteiger partial charge on any atom is -0.496 e. The molecule has 0 bridgehead atoms. The van der Waals surface area contributed by atoms with Crippen molar-refractivity contribution in [2.45, 2.75) is 24.8 Å². The van der Waals surface area contributed by atoms with Gasteiger partial charge in [-0.05, 0) is 48.0 Å². The molecular formula is C12H16BrNO5S. The Morgan fingerprint density at radius 1 is 1.45 bits per heavy atom. The molecule has 1 aromatic carbocycles. The molecular weight excluding hydrogens is 350 g/mol. The summed E-state index contributed by atoms with van der Waals surface area (Å²) in [7, 11) is -2.40. The van der Waals surface area contributed by atoms with Crippen molar-refractivity contribution in [3.63, 3.8) is 0 Å². The molecule has 112 valence electrons. The number of rotatable bonds is 6. The molecule has 20 heavy (non-hydrogen) atoms. The van der Waals surface area contributed by atoms with E-state index in [2.05, 4.69) is 15.9 Å². The highest BCUT2D eigenvalue weighted by Crippen LogP contribution is 2.29. The summed E-state index contributed by atoms with van der Waals surface area (Å²) in [6, 6.07) is 3.83. The van der Waals surface area contributed by atoms with Gasteiger partial charge >= 0.3 is 5.97 Å². The summed E-state index contributed by atoms with van der Waals surface area (Å²) >= 11 is 3.21. The lowest BCUT2D eigenvalue weighted by molar-refractivity contribution is -0.137. The molecule has 0 radical (unpaired) electrons. The largest absolute Gasteiger partial charge is 0.496 e. The summed E-state index contributed by atoms with van der Waals surface area (Å²) in [5.74, 6) is -0.701. The number of ether oxygens (including phenoxy) is 1. The van der Waals surface area contributed by atoms with Crippen LogP contribution in [0.1, 0.15) is 13.8 Å². The van der Waals surface area contributed by atoms with Crippen LogP contribution in [-0.2, 0) is 14.8 Å². The van der Waals surface area contributed by atoms with Crippen LogP contribution in [0.15, 0.2) is 27.6 Å². The summed E-state index contributed by atoms with van der Waals surface area (Å²) in [5, 5.41) is 8.84. The van der Waals surface area contributed by atoms with Gasteiger partial charge in [-0.3, -0.25) is 4.79 Å².